The van der Waals surface area contributed by atoms with Crippen molar-refractivity contribution in [3.8, 4) is 0 Å². The number of aromatic carboxylic acids is 1. The number of aromatic nitrogens is 2. The molecular formula is C13H11N3O5. The summed E-state index contributed by atoms with van der Waals surface area (Å²) in [6.45, 7) is -0.283. The maximum Gasteiger partial charge on any atom is 0.336 e. The van der Waals surface area contributed by atoms with Crippen LogP contribution in [0.2, 0.25) is 0 Å². The van der Waals surface area contributed by atoms with E-state index in [0.29, 0.717) is 0 Å². The van der Waals surface area contributed by atoms with Crippen molar-refractivity contribution in [1.82, 2.24) is 9.55 Å². The van der Waals surface area contributed by atoms with Crippen LogP contribution in [0.1, 0.15) is 20.7 Å². The minimum absolute atomic E-state index is 0.00205. The van der Waals surface area contributed by atoms with E-state index in [9.17, 15) is 14.4 Å². The number of aliphatic carboxylic acids is 1. The smallest absolute Gasteiger partial charge is 0.336 e. The average Bonchev–Trinajstić information content (AvgIpc) is 2.85. The standard InChI is InChI=1S/C13H11N3O5/c17-11(18)6-16-5-10(14-7-16)15-12(19)8-3-1-2-4-9(8)13(20)21/h1-5,7H,6H2,(H,15,19)(H,17,18)(H,20,21). The first-order valence-electron chi connectivity index (χ1n) is 5.84. The molecule has 1 amide bonds. The Morgan fingerprint density at radius 3 is 2.43 bits per heavy atom. The summed E-state index contributed by atoms with van der Waals surface area (Å²) in [4.78, 5) is 37.4. The van der Waals surface area contributed by atoms with Crippen molar-refractivity contribution < 1.29 is 24.6 Å². The molecule has 0 spiro atoms. The van der Waals surface area contributed by atoms with Gasteiger partial charge in [-0.05, 0) is 12.1 Å². The molecule has 0 radical (unpaired) electrons. The highest BCUT2D eigenvalue weighted by atomic mass is 16.4. The minimum atomic E-state index is -1.21. The fraction of sp³-hybridized carbons (Fsp3) is 0.0769. The van der Waals surface area contributed by atoms with Gasteiger partial charge in [-0.3, -0.25) is 9.59 Å². The van der Waals surface area contributed by atoms with Crippen LogP contribution in [0.3, 0.4) is 0 Å². The number of imidazole rings is 1. The van der Waals surface area contributed by atoms with Crippen molar-refractivity contribution in [3.05, 3.63) is 47.9 Å². The van der Waals surface area contributed by atoms with E-state index in [1.807, 2.05) is 0 Å². The molecule has 0 fully saturated rings. The number of hydrogen-bond acceptors (Lipinski definition) is 4. The molecule has 21 heavy (non-hydrogen) atoms. The zero-order valence-electron chi connectivity index (χ0n) is 10.7. The summed E-state index contributed by atoms with van der Waals surface area (Å²) in [6.07, 6.45) is 2.60. The van der Waals surface area contributed by atoms with Gasteiger partial charge in [0.15, 0.2) is 5.82 Å². The summed E-state index contributed by atoms with van der Waals surface area (Å²) in [6, 6.07) is 5.76. The molecule has 8 heteroatoms. The Morgan fingerprint density at radius 2 is 1.81 bits per heavy atom. The molecule has 108 valence electrons. The quantitative estimate of drug-likeness (QED) is 0.752. The Bertz CT molecular complexity index is 707. The predicted molar refractivity (Wildman–Crippen MR) is 71.2 cm³/mol. The van der Waals surface area contributed by atoms with Gasteiger partial charge in [0, 0.05) is 6.20 Å². The first kappa shape index (κ1) is 14.3. The molecular weight excluding hydrogens is 278 g/mol. The fourth-order valence-corrected chi connectivity index (χ4v) is 1.72. The molecule has 8 nitrogen and oxygen atoms in total. The molecule has 1 aromatic heterocycles. The van der Waals surface area contributed by atoms with E-state index < -0.39 is 17.8 Å². The van der Waals surface area contributed by atoms with Crippen molar-refractivity contribution in [1.29, 1.82) is 0 Å². The Hall–Kier alpha value is -3.16. The summed E-state index contributed by atoms with van der Waals surface area (Å²) >= 11 is 0. The number of nitrogens with zero attached hydrogens (tertiary/aromatic N) is 2. The molecule has 2 aromatic rings. The molecule has 0 saturated carbocycles. The largest absolute Gasteiger partial charge is 0.480 e. The Morgan fingerprint density at radius 1 is 1.14 bits per heavy atom. The number of carboxylic acid groups (broad SMARTS) is 2. The summed E-state index contributed by atoms with van der Waals surface area (Å²) in [5.74, 6) is -2.74. The number of anilines is 1. The topological polar surface area (TPSA) is 122 Å². The average molecular weight is 289 g/mol. The first-order valence-corrected chi connectivity index (χ1v) is 5.84. The van der Waals surface area contributed by atoms with Gasteiger partial charge >= 0.3 is 11.9 Å². The lowest BCUT2D eigenvalue weighted by molar-refractivity contribution is -0.137. The molecule has 1 heterocycles. The molecule has 0 aliphatic carbocycles. The van der Waals surface area contributed by atoms with E-state index >= 15 is 0 Å². The van der Waals surface area contributed by atoms with Crippen molar-refractivity contribution in [2.24, 2.45) is 0 Å². The molecule has 1 aromatic carbocycles. The number of carbonyl (C=O) groups excluding carboxylic acids is 1. The van der Waals surface area contributed by atoms with E-state index in [1.54, 1.807) is 6.07 Å². The molecule has 0 bridgehead atoms. The van der Waals surface area contributed by atoms with Crippen LogP contribution in [0.4, 0.5) is 5.82 Å². The van der Waals surface area contributed by atoms with Crippen LogP contribution in [0, 0.1) is 0 Å². The van der Waals surface area contributed by atoms with Crippen LogP contribution in [0.5, 0.6) is 0 Å². The van der Waals surface area contributed by atoms with E-state index in [1.165, 1.54) is 35.3 Å². The van der Waals surface area contributed by atoms with E-state index in [0.717, 1.165) is 0 Å². The van der Waals surface area contributed by atoms with E-state index in [4.69, 9.17) is 10.2 Å². The lowest BCUT2D eigenvalue weighted by atomic mass is 10.1. The lowest BCUT2D eigenvalue weighted by Crippen LogP contribution is -2.16. The van der Waals surface area contributed by atoms with Gasteiger partial charge in [-0.2, -0.15) is 0 Å². The second kappa shape index (κ2) is 5.87. The molecule has 0 atom stereocenters. The van der Waals surface area contributed by atoms with Gasteiger partial charge in [-0.15, -0.1) is 0 Å². The van der Waals surface area contributed by atoms with Gasteiger partial charge in [0.25, 0.3) is 5.91 Å². The van der Waals surface area contributed by atoms with Crippen molar-refractivity contribution >= 4 is 23.7 Å². The SMILES string of the molecule is O=C(O)Cn1cnc(NC(=O)c2ccccc2C(=O)O)c1. The third-order valence-corrected chi connectivity index (χ3v) is 2.59. The number of rotatable bonds is 5. The van der Waals surface area contributed by atoms with Gasteiger partial charge in [-0.25, -0.2) is 9.78 Å². The second-order valence-electron chi connectivity index (χ2n) is 4.13. The molecule has 0 unspecified atom stereocenters. The number of carbonyl (C=O) groups is 3. The van der Waals surface area contributed by atoms with Crippen LogP contribution in [0.15, 0.2) is 36.8 Å². The van der Waals surface area contributed by atoms with Gasteiger partial charge in [0.05, 0.1) is 17.5 Å². The van der Waals surface area contributed by atoms with Crippen molar-refractivity contribution in [3.63, 3.8) is 0 Å². The van der Waals surface area contributed by atoms with Crippen LogP contribution >= 0.6 is 0 Å². The Kier molecular flexibility index (Phi) is 3.98. The highest BCUT2D eigenvalue weighted by Crippen LogP contribution is 2.12. The highest BCUT2D eigenvalue weighted by Gasteiger charge is 2.16. The van der Waals surface area contributed by atoms with Gasteiger partial charge in [-0.1, -0.05) is 12.1 Å². The van der Waals surface area contributed by atoms with Crippen LogP contribution in [0.25, 0.3) is 0 Å². The minimum Gasteiger partial charge on any atom is -0.480 e. The number of hydrogen-bond donors (Lipinski definition) is 3. The van der Waals surface area contributed by atoms with Crippen LogP contribution < -0.4 is 5.32 Å². The van der Waals surface area contributed by atoms with E-state index in [-0.39, 0.29) is 23.5 Å². The summed E-state index contributed by atoms with van der Waals surface area (Å²) in [5.41, 5.74) is -0.127. The van der Waals surface area contributed by atoms with Crippen LogP contribution in [-0.4, -0.2) is 37.6 Å². The normalized spacial score (nSPS) is 10.1. The highest BCUT2D eigenvalue weighted by molar-refractivity contribution is 6.10. The first-order chi connectivity index (χ1) is 9.97. The molecule has 0 aliphatic rings. The molecule has 0 aliphatic heterocycles. The predicted octanol–water partition coefficient (Wildman–Crippen LogP) is 0.918. The number of nitrogens with one attached hydrogen (secondary N) is 1. The van der Waals surface area contributed by atoms with Crippen molar-refractivity contribution in [2.75, 3.05) is 5.32 Å². The van der Waals surface area contributed by atoms with Gasteiger partial charge in [0.1, 0.15) is 6.54 Å². The maximum atomic E-state index is 12.0. The lowest BCUT2D eigenvalue weighted by Gasteiger charge is -2.05. The monoisotopic (exact) mass is 289 g/mol. The molecule has 2 rings (SSSR count). The number of amides is 1. The summed E-state index contributed by atoms with van der Waals surface area (Å²) in [7, 11) is 0. The second-order valence-corrected chi connectivity index (χ2v) is 4.13. The maximum absolute atomic E-state index is 12.0. The Labute approximate surface area is 118 Å². The van der Waals surface area contributed by atoms with Gasteiger partial charge in [0.2, 0.25) is 0 Å². The van der Waals surface area contributed by atoms with Gasteiger partial charge < -0.3 is 20.1 Å². The zero-order valence-corrected chi connectivity index (χ0v) is 10.7. The number of benzene rings is 1. The summed E-state index contributed by atoms with van der Waals surface area (Å²) < 4.78 is 1.28. The van der Waals surface area contributed by atoms with E-state index in [2.05, 4.69) is 10.3 Å². The van der Waals surface area contributed by atoms with Crippen molar-refractivity contribution in [2.45, 2.75) is 6.54 Å². The third kappa shape index (κ3) is 3.44. The third-order valence-electron chi connectivity index (χ3n) is 2.59. The Balaban J connectivity index is 2.17. The number of carboxylic acids is 2. The fourth-order valence-electron chi connectivity index (χ4n) is 1.72. The zero-order chi connectivity index (χ0) is 15.4. The molecule has 3 N–H and O–H groups in total. The molecule has 0 saturated heterocycles. The summed E-state index contributed by atoms with van der Waals surface area (Å²) in [5, 5.41) is 20.1. The van der Waals surface area contributed by atoms with Crippen LogP contribution in [-0.2, 0) is 11.3 Å².